The number of hydrogen-bond acceptors (Lipinski definition) is 7. The third-order valence-electron chi connectivity index (χ3n) is 5.59. The number of rotatable bonds is 4. The second-order valence-electron chi connectivity index (χ2n) is 7.61. The predicted molar refractivity (Wildman–Crippen MR) is 117 cm³/mol. The van der Waals surface area contributed by atoms with E-state index in [0.29, 0.717) is 61.3 Å². The number of phenols is 1. The smallest absolute Gasteiger partial charge is 0.265 e. The molecule has 1 saturated heterocycles. The lowest BCUT2D eigenvalue weighted by atomic mass is 10.1. The molecule has 1 N–H and O–H groups in total. The number of fused-ring (bicyclic) bond motifs is 1. The van der Waals surface area contributed by atoms with Gasteiger partial charge >= 0.3 is 0 Å². The Morgan fingerprint density at radius 3 is 2.47 bits per heavy atom. The summed E-state index contributed by atoms with van der Waals surface area (Å²) in [5, 5.41) is 9.99. The lowest BCUT2D eigenvalue weighted by Gasteiger charge is -2.28. The highest BCUT2D eigenvalue weighted by atomic mass is 32.2. The molecule has 1 fully saturated rings. The van der Waals surface area contributed by atoms with Crippen LogP contribution in [-0.4, -0.2) is 56.3 Å². The van der Waals surface area contributed by atoms with Crippen molar-refractivity contribution in [1.82, 2.24) is 9.97 Å². The molecule has 0 radical (unpaired) electrons. The summed E-state index contributed by atoms with van der Waals surface area (Å²) < 4.78 is 46.8. The molecule has 3 aromatic rings. The molecule has 32 heavy (non-hydrogen) atoms. The monoisotopic (exact) mass is 456 g/mol. The van der Waals surface area contributed by atoms with Crippen molar-refractivity contribution in [2.45, 2.75) is 11.3 Å². The third-order valence-corrected chi connectivity index (χ3v) is 7.39. The zero-order valence-electron chi connectivity index (χ0n) is 17.1. The van der Waals surface area contributed by atoms with Gasteiger partial charge < -0.3 is 14.7 Å². The van der Waals surface area contributed by atoms with Gasteiger partial charge in [-0.3, -0.25) is 0 Å². The number of phenolic OH excluding ortho intramolecular Hbond substituents is 1. The number of ether oxygens (including phenoxy) is 1. The number of nitrogens with zero attached hydrogens (tertiary/aromatic N) is 4. The van der Waals surface area contributed by atoms with Crippen molar-refractivity contribution >= 4 is 21.8 Å². The van der Waals surface area contributed by atoms with E-state index < -0.39 is 15.8 Å². The number of benzene rings is 2. The summed E-state index contributed by atoms with van der Waals surface area (Å²) in [5.74, 6) is 0.307. The summed E-state index contributed by atoms with van der Waals surface area (Å²) in [6.07, 6.45) is 0.421. The van der Waals surface area contributed by atoms with Crippen LogP contribution in [0.3, 0.4) is 0 Å². The predicted octanol–water partition coefficient (Wildman–Crippen LogP) is 2.58. The molecule has 8 nitrogen and oxygen atoms in total. The summed E-state index contributed by atoms with van der Waals surface area (Å²) in [4.78, 5) is 11.4. The highest BCUT2D eigenvalue weighted by Crippen LogP contribution is 2.39. The van der Waals surface area contributed by atoms with Crippen molar-refractivity contribution in [2.75, 3.05) is 42.1 Å². The van der Waals surface area contributed by atoms with Crippen LogP contribution < -0.4 is 9.21 Å². The normalized spacial score (nSPS) is 16.3. The molecule has 0 amide bonds. The molecule has 2 aromatic carbocycles. The van der Waals surface area contributed by atoms with E-state index >= 15 is 0 Å². The van der Waals surface area contributed by atoms with Crippen molar-refractivity contribution < 1.29 is 22.7 Å². The number of sulfonamides is 1. The van der Waals surface area contributed by atoms with Gasteiger partial charge in [0.05, 0.1) is 23.8 Å². The highest BCUT2D eigenvalue weighted by Gasteiger charge is 2.35. The summed E-state index contributed by atoms with van der Waals surface area (Å²) in [6.45, 7) is 2.42. The van der Waals surface area contributed by atoms with E-state index in [2.05, 4.69) is 4.98 Å². The van der Waals surface area contributed by atoms with Gasteiger partial charge in [-0.05, 0) is 42.8 Å². The maximum atomic E-state index is 13.4. The zero-order chi connectivity index (χ0) is 22.3. The first-order valence-electron chi connectivity index (χ1n) is 10.2. The molecule has 5 rings (SSSR count). The fourth-order valence-electron chi connectivity index (χ4n) is 3.98. The van der Waals surface area contributed by atoms with E-state index in [1.165, 1.54) is 16.4 Å². The summed E-state index contributed by atoms with van der Waals surface area (Å²) in [6, 6.07) is 11.5. The molecule has 0 saturated carbocycles. The second-order valence-corrected chi connectivity index (χ2v) is 9.47. The zero-order valence-corrected chi connectivity index (χ0v) is 17.9. The van der Waals surface area contributed by atoms with Crippen LogP contribution in [0.4, 0.5) is 16.2 Å². The molecule has 2 aliphatic rings. The Morgan fingerprint density at radius 2 is 1.75 bits per heavy atom. The van der Waals surface area contributed by atoms with Crippen molar-refractivity contribution in [1.29, 1.82) is 0 Å². The van der Waals surface area contributed by atoms with Crippen molar-refractivity contribution in [2.24, 2.45) is 0 Å². The van der Waals surface area contributed by atoms with E-state index in [1.807, 2.05) is 11.0 Å². The van der Waals surface area contributed by atoms with E-state index in [4.69, 9.17) is 9.72 Å². The molecule has 0 aliphatic carbocycles. The van der Waals surface area contributed by atoms with Crippen LogP contribution >= 0.6 is 0 Å². The van der Waals surface area contributed by atoms with Crippen LogP contribution in [-0.2, 0) is 21.2 Å². The maximum absolute atomic E-state index is 13.4. The minimum absolute atomic E-state index is 0.00260. The van der Waals surface area contributed by atoms with Crippen LogP contribution in [0.5, 0.6) is 5.75 Å². The van der Waals surface area contributed by atoms with Gasteiger partial charge in [0.15, 0.2) is 5.82 Å². The first-order chi connectivity index (χ1) is 15.4. The Kier molecular flexibility index (Phi) is 5.18. The number of hydrogen-bond donors (Lipinski definition) is 1. The van der Waals surface area contributed by atoms with Crippen LogP contribution in [0.2, 0.25) is 0 Å². The van der Waals surface area contributed by atoms with Gasteiger partial charge in [0.2, 0.25) is 5.95 Å². The van der Waals surface area contributed by atoms with E-state index in [-0.39, 0.29) is 17.2 Å². The fourth-order valence-corrected chi connectivity index (χ4v) is 5.43. The standard InChI is InChI=1S/C22H21FN4O4S/c23-16-4-6-18(7-5-16)32(29,30)27-9-8-19-20(15-2-1-3-17(28)14-15)24-22(25-21(19)27)26-10-12-31-13-11-26/h1-7,14,28H,8-13H2. The summed E-state index contributed by atoms with van der Waals surface area (Å²) >= 11 is 0. The van der Waals surface area contributed by atoms with Crippen LogP contribution in [0.25, 0.3) is 11.3 Å². The van der Waals surface area contributed by atoms with Crippen LogP contribution in [0.15, 0.2) is 53.4 Å². The Bertz CT molecular complexity index is 1260. The van der Waals surface area contributed by atoms with Gasteiger partial charge in [-0.25, -0.2) is 22.1 Å². The molecular weight excluding hydrogens is 435 g/mol. The molecule has 2 aliphatic heterocycles. The molecule has 0 atom stereocenters. The van der Waals surface area contributed by atoms with Crippen molar-refractivity contribution in [3.63, 3.8) is 0 Å². The van der Waals surface area contributed by atoms with E-state index in [0.717, 1.165) is 12.1 Å². The first-order valence-corrected chi connectivity index (χ1v) is 11.7. The number of aromatic hydroxyl groups is 1. The summed E-state index contributed by atoms with van der Waals surface area (Å²) in [7, 11) is -3.94. The van der Waals surface area contributed by atoms with Crippen LogP contribution in [0, 0.1) is 5.82 Å². The van der Waals surface area contributed by atoms with Gasteiger partial charge in [0, 0.05) is 30.8 Å². The topological polar surface area (TPSA) is 95.9 Å². The Morgan fingerprint density at radius 1 is 1.00 bits per heavy atom. The molecule has 0 spiro atoms. The molecule has 3 heterocycles. The average molecular weight is 456 g/mol. The Hall–Kier alpha value is -3.24. The van der Waals surface area contributed by atoms with Crippen LogP contribution in [0.1, 0.15) is 5.56 Å². The largest absolute Gasteiger partial charge is 0.508 e. The quantitative estimate of drug-likeness (QED) is 0.645. The molecule has 0 unspecified atom stereocenters. The van der Waals surface area contributed by atoms with Gasteiger partial charge in [0.1, 0.15) is 11.6 Å². The van der Waals surface area contributed by atoms with Gasteiger partial charge in [-0.15, -0.1) is 0 Å². The molecular formula is C22H21FN4O4S. The number of anilines is 2. The molecule has 10 heteroatoms. The third kappa shape index (κ3) is 3.65. The van der Waals surface area contributed by atoms with Crippen molar-refractivity contribution in [3.05, 3.63) is 59.9 Å². The molecule has 1 aromatic heterocycles. The average Bonchev–Trinajstić information content (AvgIpc) is 3.24. The molecule has 0 bridgehead atoms. The minimum atomic E-state index is -3.94. The fraction of sp³-hybridized carbons (Fsp3) is 0.273. The van der Waals surface area contributed by atoms with Gasteiger partial charge in [-0.1, -0.05) is 12.1 Å². The Balaban J connectivity index is 1.65. The highest BCUT2D eigenvalue weighted by molar-refractivity contribution is 7.92. The first kappa shape index (κ1) is 20.7. The van der Waals surface area contributed by atoms with Gasteiger partial charge in [0.25, 0.3) is 10.0 Å². The van der Waals surface area contributed by atoms with E-state index in [1.54, 1.807) is 18.2 Å². The second kappa shape index (κ2) is 8.03. The number of morpholine rings is 1. The maximum Gasteiger partial charge on any atom is 0.265 e. The van der Waals surface area contributed by atoms with E-state index in [9.17, 15) is 17.9 Å². The number of halogens is 1. The minimum Gasteiger partial charge on any atom is -0.508 e. The summed E-state index contributed by atoms with van der Waals surface area (Å²) in [5.41, 5.74) is 1.96. The SMILES string of the molecule is O=S(=O)(c1ccc(F)cc1)N1CCc2c(-c3cccc(O)c3)nc(N3CCOCC3)nc21. The van der Waals surface area contributed by atoms with Gasteiger partial charge in [-0.2, -0.15) is 4.98 Å². The Labute approximate surface area is 185 Å². The lowest BCUT2D eigenvalue weighted by molar-refractivity contribution is 0.122. The molecule has 166 valence electrons. The van der Waals surface area contributed by atoms with Crippen molar-refractivity contribution in [3.8, 4) is 17.0 Å². The number of aromatic nitrogens is 2. The lowest BCUT2D eigenvalue weighted by Crippen LogP contribution is -2.38.